The van der Waals surface area contributed by atoms with Crippen LogP contribution >= 0.6 is 0 Å². The molecule has 0 saturated heterocycles. The quantitative estimate of drug-likeness (QED) is 0.0888. The zero-order valence-electron chi connectivity index (χ0n) is 29.5. The molecule has 0 fully saturated rings. The molecule has 0 bridgehead atoms. The van der Waals surface area contributed by atoms with Gasteiger partial charge in [0.2, 0.25) is 0 Å². The third-order valence-electron chi connectivity index (χ3n) is 10.1. The number of nitrogens with zero attached hydrogens (tertiary/aromatic N) is 1. The molecule has 3 N–H and O–H groups in total. The van der Waals surface area contributed by atoms with Crippen molar-refractivity contribution in [3.05, 3.63) is 131 Å². The Balaban J connectivity index is 1.31. The van der Waals surface area contributed by atoms with Crippen LogP contribution in [0.15, 0.2) is 109 Å². The van der Waals surface area contributed by atoms with E-state index in [1.54, 1.807) is 0 Å². The maximum atomic E-state index is 6.05. The van der Waals surface area contributed by atoms with Gasteiger partial charge in [-0.3, -0.25) is 0 Å². The van der Waals surface area contributed by atoms with Crippen LogP contribution in [0.2, 0.25) is 0 Å². The predicted molar refractivity (Wildman–Crippen MR) is 209 cm³/mol. The number of benzene rings is 5. The van der Waals surface area contributed by atoms with Crippen molar-refractivity contribution in [2.75, 3.05) is 16.0 Å². The number of nitrogens with two attached hydrogens (primary N) is 1. The van der Waals surface area contributed by atoms with Gasteiger partial charge in [0.1, 0.15) is 0 Å². The number of unbranched alkanes of at least 4 members (excludes halogenated alkanes) is 6. The summed E-state index contributed by atoms with van der Waals surface area (Å²) < 4.78 is 0. The third-order valence-corrected chi connectivity index (χ3v) is 10.1. The highest BCUT2D eigenvalue weighted by molar-refractivity contribution is 5.87. The van der Waals surface area contributed by atoms with Crippen molar-refractivity contribution in [2.45, 2.75) is 97.3 Å². The molecule has 0 aromatic heterocycles. The number of rotatable bonds is 15. The van der Waals surface area contributed by atoms with Gasteiger partial charge in [-0.05, 0) is 126 Å². The molecule has 0 atom stereocenters. The Hall–Kier alpha value is -4.50. The van der Waals surface area contributed by atoms with E-state index in [-0.39, 0.29) is 5.41 Å². The number of hydrogen-bond donors (Lipinski definition) is 2. The van der Waals surface area contributed by atoms with E-state index in [0.29, 0.717) is 0 Å². The monoisotopic (exact) mass is 635 g/mol. The number of nitrogen functional groups attached to an aromatic ring is 1. The summed E-state index contributed by atoms with van der Waals surface area (Å²) in [4.78, 5) is 2.44. The van der Waals surface area contributed by atoms with Gasteiger partial charge in [0.05, 0.1) is 0 Å². The summed E-state index contributed by atoms with van der Waals surface area (Å²) in [6.07, 6.45) is 12.6. The molecule has 0 unspecified atom stereocenters. The highest BCUT2D eigenvalue weighted by atomic mass is 15.1. The predicted octanol–water partition coefficient (Wildman–Crippen LogP) is 13.0. The molecular weight excluding hydrogens is 583 g/mol. The first-order chi connectivity index (χ1) is 23.4. The number of fused-ring (bicyclic) bond motifs is 3. The Morgan fingerprint density at radius 1 is 0.542 bits per heavy atom. The molecule has 0 spiro atoms. The lowest BCUT2D eigenvalue weighted by atomic mass is 9.82. The normalized spacial score (nSPS) is 12.8. The van der Waals surface area contributed by atoms with Crippen LogP contribution < -0.4 is 16.0 Å². The molecule has 3 heteroatoms. The largest absolute Gasteiger partial charge is 0.399 e. The lowest BCUT2D eigenvalue weighted by Gasteiger charge is -2.28. The van der Waals surface area contributed by atoms with Gasteiger partial charge in [-0.2, -0.15) is 0 Å². The Kier molecular flexibility index (Phi) is 10.5. The lowest BCUT2D eigenvalue weighted by molar-refractivity contribution is 0.660. The molecule has 0 radical (unpaired) electrons. The van der Waals surface area contributed by atoms with E-state index in [1.807, 2.05) is 18.2 Å². The minimum atomic E-state index is -0.148. The molecule has 6 rings (SSSR count). The molecule has 0 amide bonds. The smallest absolute Gasteiger partial charge is 0.0465 e. The van der Waals surface area contributed by atoms with E-state index < -0.39 is 0 Å². The van der Waals surface area contributed by atoms with Crippen LogP contribution in [0.25, 0.3) is 11.1 Å². The lowest BCUT2D eigenvalue weighted by Crippen LogP contribution is -2.17. The van der Waals surface area contributed by atoms with Crippen molar-refractivity contribution in [3.63, 3.8) is 0 Å². The molecule has 3 nitrogen and oxygen atoms in total. The van der Waals surface area contributed by atoms with Crippen molar-refractivity contribution < 1.29 is 0 Å². The second-order valence-corrected chi connectivity index (χ2v) is 14.2. The van der Waals surface area contributed by atoms with Crippen LogP contribution in [-0.4, -0.2) is 0 Å². The Morgan fingerprint density at radius 2 is 1.06 bits per heavy atom. The number of nitrogens with one attached hydrogen (secondary N) is 1. The molecule has 1 aliphatic rings. The van der Waals surface area contributed by atoms with Gasteiger partial charge >= 0.3 is 0 Å². The van der Waals surface area contributed by atoms with Gasteiger partial charge in [0, 0.05) is 39.5 Å². The summed E-state index contributed by atoms with van der Waals surface area (Å²) in [7, 11) is 0. The van der Waals surface area contributed by atoms with E-state index in [4.69, 9.17) is 5.73 Å². The fourth-order valence-corrected chi connectivity index (χ4v) is 7.31. The van der Waals surface area contributed by atoms with E-state index in [1.165, 1.54) is 102 Å². The van der Waals surface area contributed by atoms with Gasteiger partial charge in [-0.25, -0.2) is 0 Å². The third kappa shape index (κ3) is 7.46. The van der Waals surface area contributed by atoms with Gasteiger partial charge in [0.25, 0.3) is 0 Å². The molecule has 248 valence electrons. The first-order valence-electron chi connectivity index (χ1n) is 18.3. The Labute approximate surface area is 289 Å². The van der Waals surface area contributed by atoms with Gasteiger partial charge in [-0.1, -0.05) is 109 Å². The van der Waals surface area contributed by atoms with Crippen molar-refractivity contribution in [3.8, 4) is 11.1 Å². The van der Waals surface area contributed by atoms with Crippen molar-refractivity contribution in [1.29, 1.82) is 0 Å². The van der Waals surface area contributed by atoms with E-state index in [2.05, 4.69) is 129 Å². The summed E-state index contributed by atoms with van der Waals surface area (Å²) in [5.41, 5.74) is 20.5. The first kappa shape index (κ1) is 33.4. The molecule has 5 aromatic carbocycles. The molecule has 1 aliphatic carbocycles. The number of hydrogen-bond acceptors (Lipinski definition) is 3. The summed E-state index contributed by atoms with van der Waals surface area (Å²) >= 11 is 0. The average molecular weight is 636 g/mol. The maximum Gasteiger partial charge on any atom is 0.0465 e. The molecule has 0 aliphatic heterocycles. The van der Waals surface area contributed by atoms with E-state index >= 15 is 0 Å². The number of aryl methyl sites for hydroxylation is 2. The van der Waals surface area contributed by atoms with Gasteiger partial charge in [0.15, 0.2) is 0 Å². The van der Waals surface area contributed by atoms with Crippen molar-refractivity contribution in [2.24, 2.45) is 0 Å². The highest BCUT2D eigenvalue weighted by Crippen LogP contribution is 2.51. The second kappa shape index (κ2) is 15.2. The summed E-state index contributed by atoms with van der Waals surface area (Å²) in [5.74, 6) is 0. The molecule has 0 saturated carbocycles. The van der Waals surface area contributed by atoms with Crippen LogP contribution in [0.3, 0.4) is 0 Å². The molecular formula is C45H53N3. The van der Waals surface area contributed by atoms with Crippen LogP contribution in [0.1, 0.15) is 101 Å². The minimum Gasteiger partial charge on any atom is -0.399 e. The van der Waals surface area contributed by atoms with Crippen LogP contribution in [0.4, 0.5) is 34.1 Å². The summed E-state index contributed by atoms with van der Waals surface area (Å²) in [5, 5.41) is 3.57. The Bertz CT molecular complexity index is 1740. The SMILES string of the molecule is CCCCCCc1ccc(N(c2ccc(CCCCCC)cc2)c2ccc3c(c2)C(C)(C)c2cc(Nc4cccc(N)c4)ccc2-3)cc1. The number of anilines is 6. The summed E-state index contributed by atoms with van der Waals surface area (Å²) in [6, 6.07) is 40.4. The zero-order chi connectivity index (χ0) is 33.5. The second-order valence-electron chi connectivity index (χ2n) is 14.2. The van der Waals surface area contributed by atoms with Crippen molar-refractivity contribution >= 4 is 34.1 Å². The fraction of sp³-hybridized carbons (Fsp3) is 0.333. The van der Waals surface area contributed by atoms with Crippen LogP contribution in [-0.2, 0) is 18.3 Å². The molecule has 0 heterocycles. The molecule has 48 heavy (non-hydrogen) atoms. The van der Waals surface area contributed by atoms with E-state index in [9.17, 15) is 0 Å². The Morgan fingerprint density at radius 3 is 1.62 bits per heavy atom. The standard InChI is InChI=1S/C45H53N3/c1-5-7-9-11-14-33-18-23-38(24-19-33)48(39-25-20-34(21-26-39)15-12-10-8-6-2)40-27-29-42-41-28-22-37(47-36-17-13-16-35(46)30-36)31-43(41)45(3,4)44(42)32-40/h13,16-32,47H,5-12,14-15,46H2,1-4H3. The minimum absolute atomic E-state index is 0.148. The fourth-order valence-electron chi connectivity index (χ4n) is 7.31. The molecule has 5 aromatic rings. The van der Waals surface area contributed by atoms with Crippen LogP contribution in [0.5, 0.6) is 0 Å². The topological polar surface area (TPSA) is 41.3 Å². The average Bonchev–Trinajstić information content (AvgIpc) is 3.32. The maximum absolute atomic E-state index is 6.05. The van der Waals surface area contributed by atoms with Crippen molar-refractivity contribution in [1.82, 2.24) is 0 Å². The summed E-state index contributed by atoms with van der Waals surface area (Å²) in [6.45, 7) is 9.27. The van der Waals surface area contributed by atoms with Gasteiger partial charge in [-0.15, -0.1) is 0 Å². The van der Waals surface area contributed by atoms with E-state index in [0.717, 1.165) is 29.9 Å². The van der Waals surface area contributed by atoms with Crippen LogP contribution in [0, 0.1) is 0 Å². The zero-order valence-corrected chi connectivity index (χ0v) is 29.5. The highest BCUT2D eigenvalue weighted by Gasteiger charge is 2.36. The first-order valence-corrected chi connectivity index (χ1v) is 18.3. The van der Waals surface area contributed by atoms with Gasteiger partial charge < -0.3 is 16.0 Å².